The van der Waals surface area contributed by atoms with Crippen LogP contribution in [0.15, 0.2) is 42.5 Å². The molecule has 2 N–H and O–H groups in total. The van der Waals surface area contributed by atoms with E-state index in [1.807, 2.05) is 36.2 Å². The van der Waals surface area contributed by atoms with Crippen molar-refractivity contribution < 1.29 is 4.39 Å². The van der Waals surface area contributed by atoms with Gasteiger partial charge in [-0.15, -0.1) is 0 Å². The number of nitrogens with zero attached hydrogens (tertiary/aromatic N) is 1. The van der Waals surface area contributed by atoms with E-state index in [0.29, 0.717) is 24.3 Å². The Morgan fingerprint density at radius 3 is 2.47 bits per heavy atom. The molecule has 0 atom stereocenters. The molecule has 0 radical (unpaired) electrons. The Kier molecular flexibility index (Phi) is 4.40. The summed E-state index contributed by atoms with van der Waals surface area (Å²) in [5, 5.41) is 0.729. The van der Waals surface area contributed by atoms with Crippen LogP contribution in [0, 0.1) is 5.82 Å². The lowest BCUT2D eigenvalue weighted by Gasteiger charge is -2.18. The van der Waals surface area contributed by atoms with Gasteiger partial charge in [0.15, 0.2) is 0 Å². The first-order valence-electron chi connectivity index (χ1n) is 6.02. The Morgan fingerprint density at radius 2 is 1.79 bits per heavy atom. The minimum absolute atomic E-state index is 0.272. The molecule has 2 nitrogen and oxygen atoms in total. The van der Waals surface area contributed by atoms with Gasteiger partial charge in [-0.2, -0.15) is 0 Å². The lowest BCUT2D eigenvalue weighted by Crippen LogP contribution is -2.18. The van der Waals surface area contributed by atoms with Crippen LogP contribution in [-0.4, -0.2) is 11.9 Å². The summed E-state index contributed by atoms with van der Waals surface area (Å²) >= 11 is 6.11. The topological polar surface area (TPSA) is 29.3 Å². The summed E-state index contributed by atoms with van der Waals surface area (Å²) < 4.78 is 13.7. The maximum Gasteiger partial charge on any atom is 0.129 e. The highest BCUT2D eigenvalue weighted by Gasteiger charge is 2.08. The van der Waals surface area contributed by atoms with Gasteiger partial charge in [0.2, 0.25) is 0 Å². The minimum atomic E-state index is -0.272. The molecule has 0 spiro atoms. The molecule has 2 aromatic carbocycles. The van der Waals surface area contributed by atoms with E-state index in [1.165, 1.54) is 6.07 Å². The molecule has 0 bridgehead atoms. The summed E-state index contributed by atoms with van der Waals surface area (Å²) in [6.07, 6.45) is 0. The summed E-state index contributed by atoms with van der Waals surface area (Å²) in [5.41, 5.74) is 7.63. The SMILES string of the molecule is CN(Cc1ccc(N)cc1F)Cc1ccccc1Cl. The molecule has 4 heteroatoms. The van der Waals surface area contributed by atoms with Gasteiger partial charge in [-0.3, -0.25) is 4.90 Å². The molecule has 0 saturated heterocycles. The van der Waals surface area contributed by atoms with Gasteiger partial charge in [0, 0.05) is 29.4 Å². The number of nitrogens with two attached hydrogens (primary N) is 1. The summed E-state index contributed by atoms with van der Waals surface area (Å²) in [6.45, 7) is 1.18. The number of benzene rings is 2. The number of hydrogen-bond donors (Lipinski definition) is 1. The number of anilines is 1. The van der Waals surface area contributed by atoms with E-state index in [9.17, 15) is 4.39 Å². The largest absolute Gasteiger partial charge is 0.399 e. The third kappa shape index (κ3) is 3.69. The maximum absolute atomic E-state index is 13.7. The minimum Gasteiger partial charge on any atom is -0.399 e. The van der Waals surface area contributed by atoms with Crippen molar-refractivity contribution in [2.75, 3.05) is 12.8 Å². The number of rotatable bonds is 4. The molecule has 0 fully saturated rings. The molecule has 0 heterocycles. The third-order valence-electron chi connectivity index (χ3n) is 2.92. The second kappa shape index (κ2) is 6.04. The van der Waals surface area contributed by atoms with Crippen LogP contribution in [0.1, 0.15) is 11.1 Å². The van der Waals surface area contributed by atoms with Crippen LogP contribution >= 0.6 is 11.6 Å². The van der Waals surface area contributed by atoms with E-state index in [4.69, 9.17) is 17.3 Å². The molecule has 0 saturated carbocycles. The summed E-state index contributed by atoms with van der Waals surface area (Å²) in [5.74, 6) is -0.272. The van der Waals surface area contributed by atoms with Gasteiger partial charge in [-0.1, -0.05) is 35.9 Å². The van der Waals surface area contributed by atoms with Crippen LogP contribution in [0.3, 0.4) is 0 Å². The first kappa shape index (κ1) is 13.8. The predicted octanol–water partition coefficient (Wildman–Crippen LogP) is 3.69. The quantitative estimate of drug-likeness (QED) is 0.864. The van der Waals surface area contributed by atoms with Crippen molar-refractivity contribution in [1.29, 1.82) is 0 Å². The highest BCUT2D eigenvalue weighted by Crippen LogP contribution is 2.19. The van der Waals surface area contributed by atoms with Gasteiger partial charge >= 0.3 is 0 Å². The first-order valence-corrected chi connectivity index (χ1v) is 6.40. The maximum atomic E-state index is 13.7. The van der Waals surface area contributed by atoms with Crippen LogP contribution in [-0.2, 0) is 13.1 Å². The zero-order valence-corrected chi connectivity index (χ0v) is 11.5. The molecule has 0 aliphatic rings. The molecule has 0 aliphatic carbocycles. The van der Waals surface area contributed by atoms with E-state index in [2.05, 4.69) is 0 Å². The van der Waals surface area contributed by atoms with Gasteiger partial charge in [0.1, 0.15) is 5.82 Å². The molecule has 100 valence electrons. The van der Waals surface area contributed by atoms with Crippen molar-refractivity contribution in [2.45, 2.75) is 13.1 Å². The van der Waals surface area contributed by atoms with Gasteiger partial charge in [-0.05, 0) is 30.8 Å². The molecule has 0 aromatic heterocycles. The molecular weight excluding hydrogens is 263 g/mol. The Hall–Kier alpha value is -1.58. The Bertz CT molecular complexity index is 572. The Balaban J connectivity index is 2.05. The second-order valence-corrected chi connectivity index (χ2v) is 5.02. The number of nitrogen functional groups attached to an aromatic ring is 1. The van der Waals surface area contributed by atoms with Crippen molar-refractivity contribution >= 4 is 17.3 Å². The van der Waals surface area contributed by atoms with Gasteiger partial charge < -0.3 is 5.73 Å². The Labute approximate surface area is 117 Å². The van der Waals surface area contributed by atoms with E-state index >= 15 is 0 Å². The molecule has 2 aromatic rings. The predicted molar refractivity (Wildman–Crippen MR) is 77.4 cm³/mol. The fourth-order valence-corrected chi connectivity index (χ4v) is 2.15. The average Bonchev–Trinajstić information content (AvgIpc) is 2.36. The van der Waals surface area contributed by atoms with E-state index in [-0.39, 0.29) is 5.82 Å². The Morgan fingerprint density at radius 1 is 1.11 bits per heavy atom. The highest BCUT2D eigenvalue weighted by atomic mass is 35.5. The van der Waals surface area contributed by atoms with E-state index in [1.54, 1.807) is 12.1 Å². The van der Waals surface area contributed by atoms with E-state index < -0.39 is 0 Å². The van der Waals surface area contributed by atoms with Gasteiger partial charge in [-0.25, -0.2) is 4.39 Å². The number of halogens is 2. The molecular formula is C15H16ClFN2. The molecule has 0 aliphatic heterocycles. The van der Waals surface area contributed by atoms with Crippen molar-refractivity contribution in [3.8, 4) is 0 Å². The summed E-state index contributed by atoms with van der Waals surface area (Å²) in [7, 11) is 1.93. The van der Waals surface area contributed by atoms with Crippen LogP contribution in [0.2, 0.25) is 5.02 Å². The fraction of sp³-hybridized carbons (Fsp3) is 0.200. The highest BCUT2D eigenvalue weighted by molar-refractivity contribution is 6.31. The smallest absolute Gasteiger partial charge is 0.129 e. The molecule has 0 amide bonds. The third-order valence-corrected chi connectivity index (χ3v) is 3.28. The van der Waals surface area contributed by atoms with Crippen LogP contribution in [0.4, 0.5) is 10.1 Å². The van der Waals surface area contributed by atoms with Crippen molar-refractivity contribution in [2.24, 2.45) is 0 Å². The van der Waals surface area contributed by atoms with Crippen LogP contribution < -0.4 is 5.73 Å². The lowest BCUT2D eigenvalue weighted by molar-refractivity contribution is 0.313. The summed E-state index contributed by atoms with van der Waals surface area (Å²) in [4.78, 5) is 2.01. The summed E-state index contributed by atoms with van der Waals surface area (Å²) in [6, 6.07) is 12.4. The fourth-order valence-electron chi connectivity index (χ4n) is 1.96. The first-order chi connectivity index (χ1) is 9.06. The zero-order chi connectivity index (χ0) is 13.8. The number of hydrogen-bond acceptors (Lipinski definition) is 2. The standard InChI is InChI=1S/C15H16ClFN2/c1-19(9-11-4-2-3-5-14(11)16)10-12-6-7-13(18)8-15(12)17/h2-8H,9-10,18H2,1H3. The zero-order valence-electron chi connectivity index (χ0n) is 10.7. The lowest BCUT2D eigenvalue weighted by atomic mass is 10.1. The van der Waals surface area contributed by atoms with Crippen molar-refractivity contribution in [3.63, 3.8) is 0 Å². The second-order valence-electron chi connectivity index (χ2n) is 4.61. The molecule has 19 heavy (non-hydrogen) atoms. The molecule has 2 rings (SSSR count). The van der Waals surface area contributed by atoms with Crippen LogP contribution in [0.5, 0.6) is 0 Å². The average molecular weight is 279 g/mol. The van der Waals surface area contributed by atoms with E-state index in [0.717, 1.165) is 10.6 Å². The normalized spacial score (nSPS) is 10.9. The van der Waals surface area contributed by atoms with Crippen LogP contribution in [0.25, 0.3) is 0 Å². The molecule has 0 unspecified atom stereocenters. The van der Waals surface area contributed by atoms with Crippen molar-refractivity contribution in [1.82, 2.24) is 4.90 Å². The van der Waals surface area contributed by atoms with Gasteiger partial charge in [0.05, 0.1) is 0 Å². The monoisotopic (exact) mass is 278 g/mol. The van der Waals surface area contributed by atoms with Gasteiger partial charge in [0.25, 0.3) is 0 Å². The van der Waals surface area contributed by atoms with Crippen molar-refractivity contribution in [3.05, 3.63) is 64.4 Å².